The van der Waals surface area contributed by atoms with Crippen molar-refractivity contribution in [1.82, 2.24) is 4.98 Å². The van der Waals surface area contributed by atoms with Gasteiger partial charge in [-0.05, 0) is 42.5 Å². The highest BCUT2D eigenvalue weighted by molar-refractivity contribution is 7.94. The minimum absolute atomic E-state index is 0.0277. The molecule has 0 N–H and O–H groups in total. The molecule has 1 aromatic carbocycles. The first-order valence-electron chi connectivity index (χ1n) is 5.28. The summed E-state index contributed by atoms with van der Waals surface area (Å²) in [5, 5.41) is 1.36. The molecule has 98 valence electrons. The summed E-state index contributed by atoms with van der Waals surface area (Å²) < 4.78 is 37.2. The van der Waals surface area contributed by atoms with E-state index in [1.54, 1.807) is 0 Å². The fourth-order valence-corrected chi connectivity index (χ4v) is 2.48. The fraction of sp³-hybridized carbons (Fsp3) is 0. The highest BCUT2D eigenvalue weighted by Crippen LogP contribution is 2.17. The summed E-state index contributed by atoms with van der Waals surface area (Å²) in [6, 6.07) is 8.36. The topological polar surface area (TPSA) is 47.0 Å². The van der Waals surface area contributed by atoms with Gasteiger partial charge < -0.3 is 0 Å². The quantitative estimate of drug-likeness (QED) is 0.873. The van der Waals surface area contributed by atoms with E-state index in [-0.39, 0.29) is 10.6 Å². The van der Waals surface area contributed by atoms with Gasteiger partial charge in [-0.2, -0.15) is 0 Å². The van der Waals surface area contributed by atoms with Gasteiger partial charge in [0.05, 0.1) is 10.6 Å². The van der Waals surface area contributed by atoms with Crippen molar-refractivity contribution in [3.05, 3.63) is 64.5 Å². The molecule has 0 aliphatic carbocycles. The predicted molar refractivity (Wildman–Crippen MR) is 71.9 cm³/mol. The van der Waals surface area contributed by atoms with Gasteiger partial charge in [-0.3, -0.25) is 4.98 Å². The molecule has 0 radical (unpaired) electrons. The maximum absolute atomic E-state index is 13.3. The Kier molecular flexibility index (Phi) is 3.97. The highest BCUT2D eigenvalue weighted by Gasteiger charge is 2.10. The number of nitrogens with zero attached hydrogens (tertiary/aromatic N) is 1. The maximum Gasteiger partial charge on any atom is 0.199 e. The first-order valence-corrected chi connectivity index (χ1v) is 7.21. The van der Waals surface area contributed by atoms with Crippen molar-refractivity contribution >= 4 is 27.5 Å². The van der Waals surface area contributed by atoms with Gasteiger partial charge in [0.1, 0.15) is 5.82 Å². The van der Waals surface area contributed by atoms with Crippen LogP contribution in [0.25, 0.3) is 6.08 Å². The Hall–Kier alpha value is -1.72. The van der Waals surface area contributed by atoms with Crippen molar-refractivity contribution in [2.45, 2.75) is 4.90 Å². The minimum atomic E-state index is -3.64. The number of aromatic nitrogens is 1. The molecule has 0 atom stereocenters. The molecule has 0 spiro atoms. The second kappa shape index (κ2) is 5.50. The van der Waals surface area contributed by atoms with Crippen LogP contribution in [-0.4, -0.2) is 13.4 Å². The average Bonchev–Trinajstić information content (AvgIpc) is 2.38. The molecule has 3 nitrogen and oxygen atoms in total. The van der Waals surface area contributed by atoms with Crippen LogP contribution >= 0.6 is 11.6 Å². The Morgan fingerprint density at radius 2 is 1.84 bits per heavy atom. The van der Waals surface area contributed by atoms with Gasteiger partial charge in [-0.15, -0.1) is 0 Å². The summed E-state index contributed by atoms with van der Waals surface area (Å²) >= 11 is 5.68. The number of sulfone groups is 1. The standard InChI is InChI=1S/C13H9ClFNO2S/c14-10-3-5-11(6-4-10)19(17,18)9-7-13-12(15)2-1-8-16-13/h1-9H. The van der Waals surface area contributed by atoms with Crippen molar-refractivity contribution < 1.29 is 12.8 Å². The summed E-state index contributed by atoms with van der Waals surface area (Å²) in [6.45, 7) is 0. The highest BCUT2D eigenvalue weighted by atomic mass is 35.5. The SMILES string of the molecule is O=S(=O)(C=Cc1ncccc1F)c1ccc(Cl)cc1. The lowest BCUT2D eigenvalue weighted by molar-refractivity contribution is 0.604. The van der Waals surface area contributed by atoms with E-state index >= 15 is 0 Å². The molecule has 6 heteroatoms. The first-order chi connectivity index (χ1) is 8.99. The van der Waals surface area contributed by atoms with Crippen LogP contribution in [0, 0.1) is 5.82 Å². The minimum Gasteiger partial charge on any atom is -0.254 e. The number of benzene rings is 1. The molecular weight excluding hydrogens is 289 g/mol. The molecule has 0 bridgehead atoms. The third kappa shape index (κ3) is 3.39. The molecule has 0 saturated heterocycles. The van der Waals surface area contributed by atoms with E-state index in [1.165, 1.54) is 42.6 Å². The van der Waals surface area contributed by atoms with Gasteiger partial charge in [0.15, 0.2) is 9.84 Å². The molecule has 1 heterocycles. The van der Waals surface area contributed by atoms with E-state index in [0.717, 1.165) is 11.5 Å². The smallest absolute Gasteiger partial charge is 0.199 e. The zero-order valence-electron chi connectivity index (χ0n) is 9.62. The van der Waals surface area contributed by atoms with E-state index in [2.05, 4.69) is 4.98 Å². The van der Waals surface area contributed by atoms with Crippen LogP contribution in [0.3, 0.4) is 0 Å². The molecule has 2 rings (SSSR count). The monoisotopic (exact) mass is 297 g/mol. The molecule has 0 saturated carbocycles. The second-order valence-corrected chi connectivity index (χ2v) is 5.94. The van der Waals surface area contributed by atoms with E-state index in [0.29, 0.717) is 5.02 Å². The van der Waals surface area contributed by atoms with E-state index in [9.17, 15) is 12.8 Å². The van der Waals surface area contributed by atoms with Crippen LogP contribution in [0.4, 0.5) is 4.39 Å². The lowest BCUT2D eigenvalue weighted by Crippen LogP contribution is -1.96. The van der Waals surface area contributed by atoms with Gasteiger partial charge >= 0.3 is 0 Å². The molecule has 0 aliphatic heterocycles. The first kappa shape index (κ1) is 13.7. The Morgan fingerprint density at radius 1 is 1.16 bits per heavy atom. The summed E-state index contributed by atoms with van der Waals surface area (Å²) in [5.74, 6) is -0.579. The molecular formula is C13H9ClFNO2S. The van der Waals surface area contributed by atoms with E-state index in [1.807, 2.05) is 0 Å². The number of hydrogen-bond acceptors (Lipinski definition) is 3. The molecule has 0 aliphatic rings. The summed E-state index contributed by atoms with van der Waals surface area (Å²) in [5.41, 5.74) is -0.0277. The molecule has 19 heavy (non-hydrogen) atoms. The van der Waals surface area contributed by atoms with Gasteiger partial charge in [0, 0.05) is 16.6 Å². The van der Waals surface area contributed by atoms with Crippen molar-refractivity contribution in [2.24, 2.45) is 0 Å². The summed E-state index contributed by atoms with van der Waals surface area (Å²) in [6.07, 6.45) is 2.51. The third-order valence-electron chi connectivity index (χ3n) is 2.33. The van der Waals surface area contributed by atoms with E-state index in [4.69, 9.17) is 11.6 Å². The average molecular weight is 298 g/mol. The van der Waals surface area contributed by atoms with Gasteiger partial charge in [-0.25, -0.2) is 12.8 Å². The molecule has 1 aromatic heterocycles. The summed E-state index contributed by atoms with van der Waals surface area (Å²) in [7, 11) is -3.64. The number of hydrogen-bond donors (Lipinski definition) is 0. The number of pyridine rings is 1. The van der Waals surface area contributed by atoms with Crippen LogP contribution in [0.15, 0.2) is 52.9 Å². The van der Waals surface area contributed by atoms with Gasteiger partial charge in [-0.1, -0.05) is 11.6 Å². The van der Waals surface area contributed by atoms with Crippen molar-refractivity contribution in [3.8, 4) is 0 Å². The van der Waals surface area contributed by atoms with Gasteiger partial charge in [0.25, 0.3) is 0 Å². The molecule has 0 unspecified atom stereocenters. The molecule has 0 amide bonds. The Balaban J connectivity index is 2.32. The number of rotatable bonds is 3. The van der Waals surface area contributed by atoms with Crippen LogP contribution in [-0.2, 0) is 9.84 Å². The zero-order valence-corrected chi connectivity index (χ0v) is 11.2. The van der Waals surface area contributed by atoms with E-state index < -0.39 is 15.7 Å². The Morgan fingerprint density at radius 3 is 2.47 bits per heavy atom. The molecule has 0 fully saturated rings. The van der Waals surface area contributed by atoms with Gasteiger partial charge in [0.2, 0.25) is 0 Å². The normalized spacial score (nSPS) is 11.9. The maximum atomic E-state index is 13.3. The second-order valence-electron chi connectivity index (χ2n) is 3.67. The third-order valence-corrected chi connectivity index (χ3v) is 4.01. The number of halogens is 2. The van der Waals surface area contributed by atoms with Crippen LogP contribution < -0.4 is 0 Å². The van der Waals surface area contributed by atoms with Crippen molar-refractivity contribution in [3.63, 3.8) is 0 Å². The molecule has 2 aromatic rings. The fourth-order valence-electron chi connectivity index (χ4n) is 1.38. The lowest BCUT2D eigenvalue weighted by Gasteiger charge is -1.99. The van der Waals surface area contributed by atoms with Crippen LogP contribution in [0.1, 0.15) is 5.69 Å². The predicted octanol–water partition coefficient (Wildman–Crippen LogP) is 3.32. The van der Waals surface area contributed by atoms with Crippen LogP contribution in [0.2, 0.25) is 5.02 Å². The van der Waals surface area contributed by atoms with Crippen molar-refractivity contribution in [2.75, 3.05) is 0 Å². The lowest BCUT2D eigenvalue weighted by atomic mass is 10.3. The van der Waals surface area contributed by atoms with Crippen molar-refractivity contribution in [1.29, 1.82) is 0 Å². The largest absolute Gasteiger partial charge is 0.254 e. The van der Waals surface area contributed by atoms with Crippen LogP contribution in [0.5, 0.6) is 0 Å². The summed E-state index contributed by atoms with van der Waals surface area (Å²) in [4.78, 5) is 3.83. The zero-order chi connectivity index (χ0) is 13.9. The Labute approximate surface area is 115 Å². The Bertz CT molecular complexity index is 712.